The van der Waals surface area contributed by atoms with Gasteiger partial charge in [0.2, 0.25) is 0 Å². The van der Waals surface area contributed by atoms with Crippen molar-refractivity contribution in [3.63, 3.8) is 0 Å². The lowest BCUT2D eigenvalue weighted by atomic mass is 9.46. The summed E-state index contributed by atoms with van der Waals surface area (Å²) >= 11 is 1.92. The maximum absolute atomic E-state index is 2.70. The number of benzene rings is 6. The first kappa shape index (κ1) is 28.2. The third-order valence-electron chi connectivity index (χ3n) is 10.9. The normalized spacial score (nSPS) is 14.0. The number of hydrogen-bond donors (Lipinski definition) is 0. The molecule has 8 aromatic rings. The number of anilines is 3. The molecule has 0 atom stereocenters. The van der Waals surface area contributed by atoms with Crippen LogP contribution < -0.4 is 15.8 Å². The van der Waals surface area contributed by atoms with Crippen molar-refractivity contribution in [3.05, 3.63) is 126 Å². The Morgan fingerprint density at radius 3 is 1.98 bits per heavy atom. The molecule has 4 heterocycles. The summed E-state index contributed by atoms with van der Waals surface area (Å²) in [5.74, 6) is 0. The van der Waals surface area contributed by atoms with Crippen molar-refractivity contribution in [3.8, 4) is 10.4 Å². The van der Waals surface area contributed by atoms with Crippen LogP contribution in [0.5, 0.6) is 0 Å². The zero-order valence-electron chi connectivity index (χ0n) is 28.3. The Morgan fingerprint density at radius 2 is 1.25 bits per heavy atom. The smallest absolute Gasteiger partial charge is 0.333 e. The minimum absolute atomic E-state index is 0.0254. The van der Waals surface area contributed by atoms with E-state index in [1.54, 1.807) is 0 Å². The van der Waals surface area contributed by atoms with Gasteiger partial charge >= 0.3 is 6.85 Å². The molecule has 0 saturated heterocycles. The average Bonchev–Trinajstić information content (AvgIpc) is 3.65. The molecule has 0 aliphatic carbocycles. The van der Waals surface area contributed by atoms with Gasteiger partial charge in [-0.05, 0) is 96.9 Å². The van der Waals surface area contributed by atoms with Gasteiger partial charge in [-0.15, -0.1) is 11.3 Å². The zero-order chi connectivity index (χ0) is 32.7. The number of aromatic nitrogens is 1. The summed E-state index contributed by atoms with van der Waals surface area (Å²) in [4.78, 5) is 3.95. The van der Waals surface area contributed by atoms with Crippen molar-refractivity contribution < 1.29 is 0 Å². The Bertz CT molecular complexity index is 2660. The molecule has 48 heavy (non-hydrogen) atoms. The molecule has 10 rings (SSSR count). The largest absolute Gasteiger partial charge is 0.375 e. The van der Waals surface area contributed by atoms with Gasteiger partial charge in [-0.3, -0.25) is 0 Å². The second-order valence-corrected chi connectivity index (χ2v) is 16.8. The van der Waals surface area contributed by atoms with Crippen LogP contribution >= 0.6 is 11.3 Å². The number of hydrogen-bond acceptors (Lipinski definition) is 2. The Kier molecular flexibility index (Phi) is 5.54. The van der Waals surface area contributed by atoms with E-state index in [4.69, 9.17) is 0 Å². The van der Waals surface area contributed by atoms with Gasteiger partial charge in [0.15, 0.2) is 0 Å². The van der Waals surface area contributed by atoms with Crippen LogP contribution in [0, 0.1) is 0 Å². The number of rotatable bonds is 1. The molecule has 2 nitrogen and oxygen atoms in total. The van der Waals surface area contributed by atoms with Gasteiger partial charge in [-0.1, -0.05) is 108 Å². The molecule has 6 aromatic carbocycles. The van der Waals surface area contributed by atoms with E-state index in [2.05, 4.69) is 165 Å². The first-order valence-corrected chi connectivity index (χ1v) is 18.0. The molecular formula is C44H37BN2S. The fraction of sp³-hybridized carbons (Fsp3) is 0.182. The third kappa shape index (κ3) is 3.81. The van der Waals surface area contributed by atoms with Crippen LogP contribution in [0.25, 0.3) is 53.8 Å². The van der Waals surface area contributed by atoms with Gasteiger partial charge in [0.25, 0.3) is 0 Å². The molecule has 0 saturated carbocycles. The van der Waals surface area contributed by atoms with E-state index in [9.17, 15) is 0 Å². The molecule has 0 N–H and O–H groups in total. The molecule has 0 bridgehead atoms. The lowest BCUT2D eigenvalue weighted by Gasteiger charge is -2.38. The van der Waals surface area contributed by atoms with Gasteiger partial charge in [0, 0.05) is 49.0 Å². The monoisotopic (exact) mass is 636 g/mol. The maximum atomic E-state index is 2.70. The van der Waals surface area contributed by atoms with E-state index >= 15 is 0 Å². The zero-order valence-corrected chi connectivity index (χ0v) is 29.2. The Labute approximate surface area is 286 Å². The summed E-state index contributed by atoms with van der Waals surface area (Å²) < 4.78 is 2.70. The minimum atomic E-state index is 0.0254. The maximum Gasteiger partial charge on any atom is 0.333 e. The lowest BCUT2D eigenvalue weighted by Crippen LogP contribution is -2.55. The SMILES string of the molecule is CC(C)(C)c1ccc2c(c1)c1cc(C(C)(C)C)cc3c1n2B1c2cc4ccccc4cc2N(c2ccc4ccccc4c2)c2csc-3c21. The molecule has 0 fully saturated rings. The highest BCUT2D eigenvalue weighted by Gasteiger charge is 2.44. The lowest BCUT2D eigenvalue weighted by molar-refractivity contribution is 0.590. The van der Waals surface area contributed by atoms with Crippen molar-refractivity contribution >= 4 is 89.5 Å². The predicted molar refractivity (Wildman–Crippen MR) is 210 cm³/mol. The molecule has 4 heteroatoms. The predicted octanol–water partition coefficient (Wildman–Crippen LogP) is 11.2. The van der Waals surface area contributed by atoms with Gasteiger partial charge in [-0.2, -0.15) is 0 Å². The van der Waals surface area contributed by atoms with Crippen LogP contribution in [0.3, 0.4) is 0 Å². The number of thiophene rings is 1. The van der Waals surface area contributed by atoms with E-state index in [1.807, 2.05) is 11.3 Å². The summed E-state index contributed by atoms with van der Waals surface area (Å²) in [7, 11) is 0. The van der Waals surface area contributed by atoms with Crippen LogP contribution in [0.2, 0.25) is 0 Å². The quantitative estimate of drug-likeness (QED) is 0.163. The molecule has 0 unspecified atom stereocenters. The highest BCUT2D eigenvalue weighted by molar-refractivity contribution is 7.17. The molecule has 232 valence electrons. The van der Waals surface area contributed by atoms with Crippen molar-refractivity contribution in [1.82, 2.24) is 4.48 Å². The standard InChI is InChI=1S/C44H37BN2S/c1-43(2,3)30-16-18-37-33(22-30)34-23-31(44(4,5)6)24-35-41(34)47(37)45-36-20-28-13-9-10-14-29(28)21-38(36)46(39-25-48-42(35)40(39)45)32-17-15-26-11-7-8-12-27(26)19-32/h7-25H,1-6H3. The fourth-order valence-corrected chi connectivity index (χ4v) is 9.42. The van der Waals surface area contributed by atoms with E-state index in [-0.39, 0.29) is 17.7 Å². The van der Waals surface area contributed by atoms with Gasteiger partial charge in [0.1, 0.15) is 0 Å². The first-order valence-electron chi connectivity index (χ1n) is 17.1. The van der Waals surface area contributed by atoms with E-state index < -0.39 is 0 Å². The molecule has 2 aliphatic heterocycles. The Hall–Kier alpha value is -4.80. The van der Waals surface area contributed by atoms with Crippen LogP contribution in [0.4, 0.5) is 17.1 Å². The van der Waals surface area contributed by atoms with Gasteiger partial charge in [0.05, 0.1) is 5.69 Å². The van der Waals surface area contributed by atoms with Crippen molar-refractivity contribution in [1.29, 1.82) is 0 Å². The molecule has 0 spiro atoms. The fourth-order valence-electron chi connectivity index (χ4n) is 8.33. The molecule has 0 amide bonds. The van der Waals surface area contributed by atoms with E-state index in [0.717, 1.165) is 0 Å². The number of nitrogens with zero attached hydrogens (tertiary/aromatic N) is 2. The van der Waals surface area contributed by atoms with Gasteiger partial charge in [-0.25, -0.2) is 0 Å². The third-order valence-corrected chi connectivity index (χ3v) is 11.9. The van der Waals surface area contributed by atoms with Gasteiger partial charge < -0.3 is 9.38 Å². The average molecular weight is 637 g/mol. The topological polar surface area (TPSA) is 8.17 Å². The summed E-state index contributed by atoms with van der Waals surface area (Å²) in [5.41, 5.74) is 13.5. The summed E-state index contributed by atoms with van der Waals surface area (Å²) in [6.45, 7) is 14.1. The number of fused-ring (bicyclic) bond motifs is 9. The molecule has 2 aromatic heterocycles. The Morgan fingerprint density at radius 1 is 0.583 bits per heavy atom. The van der Waals surface area contributed by atoms with Crippen LogP contribution in [0.15, 0.2) is 115 Å². The van der Waals surface area contributed by atoms with E-state index in [0.29, 0.717) is 0 Å². The first-order chi connectivity index (χ1) is 23.1. The summed E-state index contributed by atoms with van der Waals surface area (Å²) in [6, 6.07) is 41.7. The Balaban J connectivity index is 1.35. The van der Waals surface area contributed by atoms with Crippen molar-refractivity contribution in [2.45, 2.75) is 52.4 Å². The van der Waals surface area contributed by atoms with Crippen LogP contribution in [0.1, 0.15) is 52.7 Å². The minimum Gasteiger partial charge on any atom is -0.375 e. The van der Waals surface area contributed by atoms with Crippen LogP contribution in [-0.2, 0) is 10.8 Å². The van der Waals surface area contributed by atoms with E-state index in [1.165, 1.54) is 92.9 Å². The molecular weight excluding hydrogens is 599 g/mol. The highest BCUT2D eigenvalue weighted by Crippen LogP contribution is 2.49. The second kappa shape index (κ2) is 9.42. The summed E-state index contributed by atoms with van der Waals surface area (Å²) in [6.07, 6.45) is 0. The second-order valence-electron chi connectivity index (χ2n) is 15.9. The van der Waals surface area contributed by atoms with Crippen LogP contribution in [-0.4, -0.2) is 11.3 Å². The summed E-state index contributed by atoms with van der Waals surface area (Å²) in [5, 5.41) is 10.2. The highest BCUT2D eigenvalue weighted by atomic mass is 32.1. The van der Waals surface area contributed by atoms with Crippen molar-refractivity contribution in [2.24, 2.45) is 0 Å². The van der Waals surface area contributed by atoms with Crippen molar-refractivity contribution in [2.75, 3.05) is 4.90 Å². The molecule has 2 aliphatic rings. The molecule has 0 radical (unpaired) electrons.